The molecule has 1 saturated heterocycles. The Balaban J connectivity index is 1.46. The Bertz CT molecular complexity index is 994. The van der Waals surface area contributed by atoms with Gasteiger partial charge in [0.25, 0.3) is 5.91 Å². The van der Waals surface area contributed by atoms with E-state index < -0.39 is 0 Å². The molecule has 0 saturated carbocycles. The molecule has 0 unspecified atom stereocenters. The molecule has 1 aliphatic rings. The lowest BCUT2D eigenvalue weighted by molar-refractivity contribution is 0.0929. The first-order chi connectivity index (χ1) is 13.7. The van der Waals surface area contributed by atoms with Crippen LogP contribution in [-0.4, -0.2) is 34.6 Å². The van der Waals surface area contributed by atoms with Crippen LogP contribution in [0.2, 0.25) is 0 Å². The van der Waals surface area contributed by atoms with Crippen molar-refractivity contribution in [3.8, 4) is 12.0 Å². The van der Waals surface area contributed by atoms with Crippen molar-refractivity contribution in [1.82, 2.24) is 14.9 Å². The highest BCUT2D eigenvalue weighted by atomic mass is 16.4. The van der Waals surface area contributed by atoms with Gasteiger partial charge in [0.05, 0.1) is 0 Å². The zero-order valence-electron chi connectivity index (χ0n) is 15.6. The Morgan fingerprint density at radius 3 is 2.64 bits per heavy atom. The van der Waals surface area contributed by atoms with Gasteiger partial charge in [0.15, 0.2) is 0 Å². The molecule has 1 aliphatic heterocycles. The molecule has 28 heavy (non-hydrogen) atoms. The fourth-order valence-corrected chi connectivity index (χ4v) is 3.61. The number of aromatic nitrogens is 2. The predicted octanol–water partition coefficient (Wildman–Crippen LogP) is 3.04. The first kappa shape index (κ1) is 17.9. The summed E-state index contributed by atoms with van der Waals surface area (Å²) in [5, 5.41) is 12.7. The summed E-state index contributed by atoms with van der Waals surface area (Å²) in [4.78, 5) is 19.5. The Kier molecular flexibility index (Phi) is 4.85. The van der Waals surface area contributed by atoms with Crippen molar-refractivity contribution >= 4 is 11.7 Å². The molecule has 0 atom stereocenters. The molecule has 3 aromatic heterocycles. The third-order valence-electron chi connectivity index (χ3n) is 5.05. The first-order valence-corrected chi connectivity index (χ1v) is 9.31. The van der Waals surface area contributed by atoms with Gasteiger partial charge >= 0.3 is 0 Å². The van der Waals surface area contributed by atoms with Gasteiger partial charge in [0, 0.05) is 37.7 Å². The molecule has 7 heteroatoms. The summed E-state index contributed by atoms with van der Waals surface area (Å²) in [6.45, 7) is 3.37. The summed E-state index contributed by atoms with van der Waals surface area (Å²) in [5.41, 5.74) is 0.579. The van der Waals surface area contributed by atoms with E-state index in [1.807, 2.05) is 30.3 Å². The predicted molar refractivity (Wildman–Crippen MR) is 104 cm³/mol. The third-order valence-corrected chi connectivity index (χ3v) is 5.05. The van der Waals surface area contributed by atoms with Gasteiger partial charge in [-0.15, -0.1) is 0 Å². The van der Waals surface area contributed by atoms with Crippen molar-refractivity contribution in [1.29, 1.82) is 5.26 Å². The number of anilines is 1. The minimum absolute atomic E-state index is 0.0586. The molecule has 1 amide bonds. The lowest BCUT2D eigenvalue weighted by Crippen LogP contribution is -2.45. The number of aryl methyl sites for hydroxylation is 1. The lowest BCUT2D eigenvalue weighted by atomic mass is 10.0. The number of furan rings is 1. The summed E-state index contributed by atoms with van der Waals surface area (Å²) in [5.74, 6) is 1.53. The second-order valence-electron chi connectivity index (χ2n) is 6.84. The number of hydrogen-bond donors (Lipinski definition) is 1. The number of nitrogens with zero attached hydrogens (tertiary/aromatic N) is 4. The topological polar surface area (TPSA) is 87.1 Å². The van der Waals surface area contributed by atoms with E-state index in [-0.39, 0.29) is 17.5 Å². The van der Waals surface area contributed by atoms with E-state index in [9.17, 15) is 10.1 Å². The molecule has 0 aliphatic carbocycles. The second-order valence-corrected chi connectivity index (χ2v) is 6.84. The SMILES string of the molecule is Cc1oc(-n2cccc2)c(C#N)c1C(=O)NC1CCN(c2ccccn2)CC1. The normalized spacial score (nSPS) is 14.6. The highest BCUT2D eigenvalue weighted by molar-refractivity contribution is 5.98. The molecule has 7 nitrogen and oxygen atoms in total. The van der Waals surface area contributed by atoms with Crippen molar-refractivity contribution in [3.63, 3.8) is 0 Å². The summed E-state index contributed by atoms with van der Waals surface area (Å²) in [6.07, 6.45) is 7.01. The summed E-state index contributed by atoms with van der Waals surface area (Å²) in [7, 11) is 0. The average Bonchev–Trinajstić information content (AvgIpc) is 3.36. The van der Waals surface area contributed by atoms with E-state index in [0.29, 0.717) is 17.2 Å². The maximum atomic E-state index is 12.9. The standard InChI is InChI=1S/C21H21N5O2/c1-15-19(17(14-22)21(28-15)26-10-4-5-11-26)20(27)24-16-7-12-25(13-8-16)18-6-2-3-9-23-18/h2-6,9-11,16H,7-8,12-13H2,1H3,(H,24,27). The van der Waals surface area contributed by atoms with Crippen molar-refractivity contribution < 1.29 is 9.21 Å². The number of nitrogens with one attached hydrogen (secondary N) is 1. The van der Waals surface area contributed by atoms with E-state index in [2.05, 4.69) is 21.3 Å². The van der Waals surface area contributed by atoms with Crippen molar-refractivity contribution in [3.05, 3.63) is 65.8 Å². The minimum Gasteiger partial charge on any atom is -0.443 e. The monoisotopic (exact) mass is 375 g/mol. The highest BCUT2D eigenvalue weighted by Gasteiger charge is 2.27. The van der Waals surface area contributed by atoms with Crippen LogP contribution >= 0.6 is 0 Å². The Morgan fingerprint density at radius 2 is 2.00 bits per heavy atom. The number of carbonyl (C=O) groups is 1. The molecule has 0 radical (unpaired) electrons. The summed E-state index contributed by atoms with van der Waals surface area (Å²) < 4.78 is 7.43. The number of carbonyl (C=O) groups excluding carboxylic acids is 1. The largest absolute Gasteiger partial charge is 0.443 e. The van der Waals surface area contributed by atoms with Crippen LogP contribution in [0.3, 0.4) is 0 Å². The van der Waals surface area contributed by atoms with E-state index in [1.54, 1.807) is 30.1 Å². The maximum absolute atomic E-state index is 12.9. The molecule has 142 valence electrons. The summed E-state index contributed by atoms with van der Waals surface area (Å²) in [6, 6.07) is 11.7. The minimum atomic E-state index is -0.257. The molecule has 4 rings (SSSR count). The van der Waals surface area contributed by atoms with Gasteiger partial charge in [0.2, 0.25) is 5.88 Å². The second kappa shape index (κ2) is 7.61. The van der Waals surface area contributed by atoms with Crippen LogP contribution in [0, 0.1) is 18.3 Å². The van der Waals surface area contributed by atoms with Crippen LogP contribution in [0.25, 0.3) is 5.88 Å². The quantitative estimate of drug-likeness (QED) is 0.757. The van der Waals surface area contributed by atoms with Crippen LogP contribution in [-0.2, 0) is 0 Å². The molecule has 4 heterocycles. The first-order valence-electron chi connectivity index (χ1n) is 9.31. The number of hydrogen-bond acceptors (Lipinski definition) is 5. The Morgan fingerprint density at radius 1 is 1.25 bits per heavy atom. The maximum Gasteiger partial charge on any atom is 0.256 e. The van der Waals surface area contributed by atoms with Crippen molar-refractivity contribution in [2.45, 2.75) is 25.8 Å². The van der Waals surface area contributed by atoms with Gasteiger partial charge in [-0.2, -0.15) is 5.26 Å². The average molecular weight is 375 g/mol. The summed E-state index contributed by atoms with van der Waals surface area (Å²) >= 11 is 0. The lowest BCUT2D eigenvalue weighted by Gasteiger charge is -2.33. The zero-order chi connectivity index (χ0) is 19.5. The van der Waals surface area contributed by atoms with Crippen molar-refractivity contribution in [2.24, 2.45) is 0 Å². The molecule has 3 aromatic rings. The van der Waals surface area contributed by atoms with Crippen LogP contribution in [0.4, 0.5) is 5.82 Å². The number of pyridine rings is 1. The Hall–Kier alpha value is -3.53. The molecule has 0 aromatic carbocycles. The van der Waals surface area contributed by atoms with Gasteiger partial charge < -0.3 is 14.6 Å². The van der Waals surface area contributed by atoms with Gasteiger partial charge in [-0.3, -0.25) is 9.36 Å². The smallest absolute Gasteiger partial charge is 0.256 e. The van der Waals surface area contributed by atoms with E-state index in [1.165, 1.54) is 0 Å². The van der Waals surface area contributed by atoms with E-state index >= 15 is 0 Å². The van der Waals surface area contributed by atoms with Gasteiger partial charge in [-0.25, -0.2) is 4.98 Å². The van der Waals surface area contributed by atoms with Crippen LogP contribution in [0.1, 0.15) is 34.5 Å². The number of amides is 1. The van der Waals surface area contributed by atoms with E-state index in [0.717, 1.165) is 31.7 Å². The van der Waals surface area contributed by atoms with Gasteiger partial charge in [-0.1, -0.05) is 6.07 Å². The Labute approximate surface area is 163 Å². The molecule has 0 spiro atoms. The molecule has 1 fully saturated rings. The fourth-order valence-electron chi connectivity index (χ4n) is 3.61. The molecular weight excluding hydrogens is 354 g/mol. The van der Waals surface area contributed by atoms with Crippen molar-refractivity contribution in [2.75, 3.05) is 18.0 Å². The zero-order valence-corrected chi connectivity index (χ0v) is 15.6. The molecular formula is C21H21N5O2. The van der Waals surface area contributed by atoms with Crippen LogP contribution in [0.15, 0.2) is 53.3 Å². The highest BCUT2D eigenvalue weighted by Crippen LogP contribution is 2.26. The molecule has 0 bridgehead atoms. The van der Waals surface area contributed by atoms with E-state index in [4.69, 9.17) is 4.42 Å². The van der Waals surface area contributed by atoms with Crippen LogP contribution < -0.4 is 10.2 Å². The third kappa shape index (κ3) is 3.37. The molecule has 1 N–H and O–H groups in total. The van der Waals surface area contributed by atoms with Gasteiger partial charge in [0.1, 0.15) is 28.8 Å². The number of piperidine rings is 1. The number of rotatable bonds is 4. The van der Waals surface area contributed by atoms with Crippen LogP contribution in [0.5, 0.6) is 0 Å². The fraction of sp³-hybridized carbons (Fsp3) is 0.286. The van der Waals surface area contributed by atoms with Gasteiger partial charge in [-0.05, 0) is 44.0 Å². The number of nitriles is 1.